The van der Waals surface area contributed by atoms with E-state index in [0.29, 0.717) is 11.4 Å². The summed E-state index contributed by atoms with van der Waals surface area (Å²) in [6.45, 7) is 6.46. The number of benzene rings is 1. The van der Waals surface area contributed by atoms with Crippen LogP contribution in [0.25, 0.3) is 0 Å². The van der Waals surface area contributed by atoms with E-state index in [1.165, 1.54) is 0 Å². The first-order chi connectivity index (χ1) is 8.46. The Bertz CT molecular complexity index is 558. The van der Waals surface area contributed by atoms with Gasteiger partial charge in [0.2, 0.25) is 10.0 Å². The number of nitrogens with zero attached hydrogens (tertiary/aromatic N) is 1. The van der Waals surface area contributed by atoms with E-state index in [0.717, 1.165) is 17.6 Å². The first kappa shape index (κ1) is 13.3. The molecular weight excluding hydrogens is 246 g/mol. The van der Waals surface area contributed by atoms with Crippen molar-refractivity contribution in [3.63, 3.8) is 0 Å². The Morgan fingerprint density at radius 3 is 2.39 bits per heavy atom. The molecule has 0 N–H and O–H groups in total. The summed E-state index contributed by atoms with van der Waals surface area (Å²) in [7, 11) is -3.37. The molecule has 1 aromatic carbocycles. The molecule has 1 atom stereocenters. The first-order valence-electron chi connectivity index (χ1n) is 6.22. The zero-order valence-corrected chi connectivity index (χ0v) is 11.9. The highest BCUT2D eigenvalue weighted by molar-refractivity contribution is 7.89. The lowest BCUT2D eigenvalue weighted by Gasteiger charge is -2.24. The Morgan fingerprint density at radius 1 is 1.22 bits per heavy atom. The van der Waals surface area contributed by atoms with Crippen LogP contribution in [0.2, 0.25) is 0 Å². The molecule has 0 amide bonds. The molecule has 2 rings (SSSR count). The van der Waals surface area contributed by atoms with Crippen LogP contribution in [0.4, 0.5) is 0 Å². The maximum absolute atomic E-state index is 12.6. The molecule has 4 heteroatoms. The molecule has 0 spiro atoms. The predicted octanol–water partition coefficient (Wildman–Crippen LogP) is 2.72. The molecule has 18 heavy (non-hydrogen) atoms. The second-order valence-corrected chi connectivity index (χ2v) is 6.65. The van der Waals surface area contributed by atoms with Crippen molar-refractivity contribution in [1.82, 2.24) is 4.31 Å². The van der Waals surface area contributed by atoms with Gasteiger partial charge < -0.3 is 0 Å². The van der Waals surface area contributed by atoms with Gasteiger partial charge in [0, 0.05) is 12.6 Å². The van der Waals surface area contributed by atoms with Crippen LogP contribution in [0.1, 0.15) is 25.8 Å². The van der Waals surface area contributed by atoms with Gasteiger partial charge in [-0.15, -0.1) is 0 Å². The second-order valence-electron chi connectivity index (χ2n) is 4.76. The highest BCUT2D eigenvalue weighted by atomic mass is 32.2. The van der Waals surface area contributed by atoms with E-state index in [1.54, 1.807) is 16.4 Å². The molecule has 0 saturated carbocycles. The van der Waals surface area contributed by atoms with Crippen LogP contribution in [0.3, 0.4) is 0 Å². The molecule has 1 aliphatic rings. The number of aryl methyl sites for hydroxylation is 1. The molecule has 3 nitrogen and oxygen atoms in total. The number of sulfonamides is 1. The van der Waals surface area contributed by atoms with Crippen molar-refractivity contribution in [2.45, 2.75) is 38.1 Å². The topological polar surface area (TPSA) is 37.4 Å². The maximum atomic E-state index is 12.6. The minimum absolute atomic E-state index is 0.0105. The van der Waals surface area contributed by atoms with Gasteiger partial charge in [-0.3, -0.25) is 0 Å². The summed E-state index contributed by atoms with van der Waals surface area (Å²) in [5.41, 5.74) is 2.21. The standard InChI is InChI=1S/C14H19NO2S/c1-4-14-12(3)9-10-15(14)18(16,17)13-7-5-11(2)6-8-13/h5-9,14H,4,10H2,1-3H3. The Kier molecular flexibility index (Phi) is 3.59. The van der Waals surface area contributed by atoms with E-state index < -0.39 is 10.0 Å². The first-order valence-corrected chi connectivity index (χ1v) is 7.66. The highest BCUT2D eigenvalue weighted by Gasteiger charge is 2.33. The number of hydrogen-bond acceptors (Lipinski definition) is 2. The highest BCUT2D eigenvalue weighted by Crippen LogP contribution is 2.27. The quantitative estimate of drug-likeness (QED) is 0.788. The zero-order chi connectivity index (χ0) is 13.3. The Morgan fingerprint density at radius 2 is 1.83 bits per heavy atom. The van der Waals surface area contributed by atoms with Gasteiger partial charge in [0.15, 0.2) is 0 Å². The fourth-order valence-corrected chi connectivity index (χ4v) is 4.03. The summed E-state index contributed by atoms with van der Waals surface area (Å²) in [6, 6.07) is 7.06. The van der Waals surface area contributed by atoms with E-state index >= 15 is 0 Å². The molecule has 0 bridgehead atoms. The molecular formula is C14H19NO2S. The molecule has 0 radical (unpaired) electrons. The third-order valence-electron chi connectivity index (χ3n) is 3.48. The van der Waals surface area contributed by atoms with Gasteiger partial charge in [0.1, 0.15) is 0 Å². The van der Waals surface area contributed by atoms with Gasteiger partial charge in [-0.05, 0) is 32.4 Å². The van der Waals surface area contributed by atoms with Gasteiger partial charge in [-0.2, -0.15) is 4.31 Å². The fraction of sp³-hybridized carbons (Fsp3) is 0.429. The summed E-state index contributed by atoms with van der Waals surface area (Å²) < 4.78 is 26.7. The fourth-order valence-electron chi connectivity index (χ4n) is 2.36. The molecule has 1 unspecified atom stereocenters. The van der Waals surface area contributed by atoms with Crippen molar-refractivity contribution in [2.24, 2.45) is 0 Å². The molecule has 1 heterocycles. The monoisotopic (exact) mass is 265 g/mol. The summed E-state index contributed by atoms with van der Waals surface area (Å²) in [5.74, 6) is 0. The lowest BCUT2D eigenvalue weighted by Crippen LogP contribution is -2.36. The van der Waals surface area contributed by atoms with Crippen molar-refractivity contribution in [1.29, 1.82) is 0 Å². The molecule has 1 aromatic rings. The van der Waals surface area contributed by atoms with Crippen LogP contribution in [-0.4, -0.2) is 25.3 Å². The Hall–Kier alpha value is -1.13. The van der Waals surface area contributed by atoms with Crippen LogP contribution in [0, 0.1) is 6.92 Å². The number of rotatable bonds is 3. The second kappa shape index (κ2) is 4.86. The normalized spacial score (nSPS) is 21.1. The van der Waals surface area contributed by atoms with E-state index in [1.807, 2.05) is 39.0 Å². The van der Waals surface area contributed by atoms with Gasteiger partial charge in [0.05, 0.1) is 4.90 Å². The summed E-state index contributed by atoms with van der Waals surface area (Å²) in [5, 5.41) is 0. The van der Waals surface area contributed by atoms with Gasteiger partial charge >= 0.3 is 0 Å². The Balaban J connectivity index is 2.35. The molecule has 0 aliphatic carbocycles. The van der Waals surface area contributed by atoms with E-state index in [-0.39, 0.29) is 6.04 Å². The summed E-state index contributed by atoms with van der Waals surface area (Å²) in [6.07, 6.45) is 2.81. The maximum Gasteiger partial charge on any atom is 0.243 e. The lowest BCUT2D eigenvalue weighted by molar-refractivity contribution is 0.393. The van der Waals surface area contributed by atoms with Crippen molar-refractivity contribution in [3.05, 3.63) is 41.5 Å². The van der Waals surface area contributed by atoms with Crippen LogP contribution in [0.15, 0.2) is 40.8 Å². The minimum atomic E-state index is -3.37. The van der Waals surface area contributed by atoms with Crippen molar-refractivity contribution in [2.75, 3.05) is 6.54 Å². The Labute approximate surface area is 109 Å². The SMILES string of the molecule is CCC1C(C)=CCN1S(=O)(=O)c1ccc(C)cc1. The zero-order valence-electron chi connectivity index (χ0n) is 11.1. The average Bonchev–Trinajstić information content (AvgIpc) is 2.71. The third kappa shape index (κ3) is 2.22. The van der Waals surface area contributed by atoms with Gasteiger partial charge in [-0.25, -0.2) is 8.42 Å². The smallest absolute Gasteiger partial charge is 0.207 e. The molecule has 98 valence electrons. The van der Waals surface area contributed by atoms with Crippen LogP contribution in [0.5, 0.6) is 0 Å². The third-order valence-corrected chi connectivity index (χ3v) is 5.37. The summed E-state index contributed by atoms with van der Waals surface area (Å²) >= 11 is 0. The lowest BCUT2D eigenvalue weighted by atomic mass is 10.1. The molecule has 1 aliphatic heterocycles. The molecule has 0 aromatic heterocycles. The predicted molar refractivity (Wildman–Crippen MR) is 72.9 cm³/mol. The van der Waals surface area contributed by atoms with E-state index in [2.05, 4.69) is 0 Å². The van der Waals surface area contributed by atoms with Crippen LogP contribution in [-0.2, 0) is 10.0 Å². The van der Waals surface area contributed by atoms with Gasteiger partial charge in [0.25, 0.3) is 0 Å². The molecule has 0 fully saturated rings. The molecule has 0 saturated heterocycles. The van der Waals surface area contributed by atoms with Crippen LogP contribution >= 0.6 is 0 Å². The summed E-state index contributed by atoms with van der Waals surface area (Å²) in [4.78, 5) is 0.384. The van der Waals surface area contributed by atoms with Gasteiger partial charge in [-0.1, -0.05) is 36.3 Å². The van der Waals surface area contributed by atoms with Crippen molar-refractivity contribution in [3.8, 4) is 0 Å². The minimum Gasteiger partial charge on any atom is -0.207 e. The van der Waals surface area contributed by atoms with Crippen LogP contribution < -0.4 is 0 Å². The number of hydrogen-bond donors (Lipinski definition) is 0. The van der Waals surface area contributed by atoms with E-state index in [4.69, 9.17) is 0 Å². The largest absolute Gasteiger partial charge is 0.243 e. The average molecular weight is 265 g/mol. The van der Waals surface area contributed by atoms with E-state index in [9.17, 15) is 8.42 Å². The van der Waals surface area contributed by atoms with Crippen molar-refractivity contribution < 1.29 is 8.42 Å². The van der Waals surface area contributed by atoms with Crippen molar-refractivity contribution >= 4 is 10.0 Å².